The summed E-state index contributed by atoms with van der Waals surface area (Å²) in [5, 5.41) is 16.3. The second-order valence-electron chi connectivity index (χ2n) is 17.0. The van der Waals surface area contributed by atoms with Gasteiger partial charge in [0.2, 0.25) is 0 Å². The van der Waals surface area contributed by atoms with E-state index in [0.717, 1.165) is 13.8 Å². The van der Waals surface area contributed by atoms with Gasteiger partial charge in [-0.25, -0.2) is 0 Å². The van der Waals surface area contributed by atoms with E-state index in [9.17, 15) is 0 Å². The molecule has 0 aromatic heterocycles. The lowest BCUT2D eigenvalue weighted by atomic mass is 10.1. The molecule has 0 fully saturated rings. The molecule has 340 valence electrons. The van der Waals surface area contributed by atoms with Crippen LogP contribution in [0.4, 0.5) is 0 Å². The van der Waals surface area contributed by atoms with Crippen molar-refractivity contribution in [2.75, 3.05) is 30.8 Å². The normalized spacial score (nSPS) is 10.9. The highest BCUT2D eigenvalue weighted by Gasteiger charge is 2.35. The molecule has 0 aliphatic carbocycles. The maximum absolute atomic E-state index is 9.00. The summed E-state index contributed by atoms with van der Waals surface area (Å²) in [5.74, 6) is -1.92. The molecule has 0 aromatic carbocycles. The second-order valence-corrected chi connectivity index (χ2v) is 22.0. The van der Waals surface area contributed by atoms with Gasteiger partial charge in [-0.1, -0.05) is 208 Å². The molecule has 0 heterocycles. The summed E-state index contributed by atoms with van der Waals surface area (Å²) < 4.78 is 0. The largest absolute Gasteiger partial charge is 0.550 e. The smallest absolute Gasteiger partial charge is 0.300 e. The molecule has 0 amide bonds. The van der Waals surface area contributed by atoms with Crippen LogP contribution in [0.1, 0.15) is 280 Å². The van der Waals surface area contributed by atoms with E-state index in [1.54, 1.807) is 50.3 Å². The molecule has 1 atom stereocenters. The Bertz CT molecular complexity index is 616. The number of rotatable bonds is 40. The summed E-state index contributed by atoms with van der Waals surface area (Å²) >= 11 is 0. The Morgan fingerprint density at radius 3 is 0.679 bits per heavy atom. The highest BCUT2D eigenvalue weighted by Crippen LogP contribution is 2.61. The van der Waals surface area contributed by atoms with Crippen molar-refractivity contribution in [2.24, 2.45) is 0 Å². The van der Waals surface area contributed by atoms with Crippen molar-refractivity contribution >= 4 is 28.4 Å². The van der Waals surface area contributed by atoms with Gasteiger partial charge >= 0.3 is 0 Å². The molecule has 0 aliphatic heterocycles. The lowest BCUT2D eigenvalue weighted by Gasteiger charge is -2.28. The molecule has 0 radical (unpaired) electrons. The van der Waals surface area contributed by atoms with Gasteiger partial charge in [-0.15, -0.1) is 9.24 Å². The lowest BCUT2D eigenvalue weighted by Crippen LogP contribution is -2.16. The zero-order valence-corrected chi connectivity index (χ0v) is 41.7. The Morgan fingerprint density at radius 1 is 0.375 bits per heavy atom. The summed E-state index contributed by atoms with van der Waals surface area (Å²) in [5.41, 5.74) is 0. The Morgan fingerprint density at radius 2 is 0.518 bits per heavy atom. The summed E-state index contributed by atoms with van der Waals surface area (Å²) in [4.78, 5) is 17.9. The van der Waals surface area contributed by atoms with E-state index in [2.05, 4.69) is 43.9 Å². The van der Waals surface area contributed by atoms with E-state index >= 15 is 0 Å². The van der Waals surface area contributed by atoms with Crippen LogP contribution in [0.25, 0.3) is 0 Å². The first kappa shape index (κ1) is 62.5. The highest BCUT2D eigenvalue weighted by atomic mass is 31.2. The molecule has 0 spiro atoms. The maximum Gasteiger partial charge on any atom is 0.300 e. The maximum atomic E-state index is 9.00. The van der Waals surface area contributed by atoms with Gasteiger partial charge < -0.3 is 15.0 Å². The number of carboxylic acid groups (broad SMARTS) is 2. The summed E-state index contributed by atoms with van der Waals surface area (Å²) in [6.45, 7) is 13.7. The molecule has 0 aliphatic rings. The number of unbranched alkanes of at least 4 members (excludes halogenated alkanes) is 31. The average Bonchev–Trinajstić information content (AvgIpc) is 3.16. The van der Waals surface area contributed by atoms with E-state index < -0.39 is 19.2 Å². The Labute approximate surface area is 357 Å². The number of hydrogen-bond acceptors (Lipinski definition) is 3. The van der Waals surface area contributed by atoms with Crippen molar-refractivity contribution in [3.63, 3.8) is 0 Å². The van der Waals surface area contributed by atoms with Crippen LogP contribution in [-0.4, -0.2) is 47.9 Å². The first-order valence-corrected chi connectivity index (χ1v) is 28.4. The number of carbonyl (C=O) groups excluding carboxylic acids is 1. The number of carbonyl (C=O) groups is 2. The van der Waals surface area contributed by atoms with Gasteiger partial charge in [0.1, 0.15) is 0 Å². The fourth-order valence-electron chi connectivity index (χ4n) is 7.57. The van der Waals surface area contributed by atoms with Crippen LogP contribution < -0.4 is 5.11 Å². The third-order valence-corrected chi connectivity index (χ3v) is 16.5. The van der Waals surface area contributed by atoms with Gasteiger partial charge in [0.25, 0.3) is 5.97 Å². The quantitative estimate of drug-likeness (QED) is 0.0493. The van der Waals surface area contributed by atoms with Crippen LogP contribution in [0.3, 0.4) is 0 Å². The first-order valence-electron chi connectivity index (χ1n) is 25.0. The monoisotopic (exact) mass is 833 g/mol. The topological polar surface area (TPSA) is 77.4 Å². The number of carboxylic acids is 2. The number of aliphatic carboxylic acids is 2. The molecule has 0 aromatic rings. The van der Waals surface area contributed by atoms with Crippen LogP contribution in [0.5, 0.6) is 0 Å². The highest BCUT2D eigenvalue weighted by molar-refractivity contribution is 7.75. The van der Waals surface area contributed by atoms with Crippen LogP contribution >= 0.6 is 16.5 Å². The Kier molecular flexibility index (Phi) is 63.4. The molecule has 4 nitrogen and oxygen atoms in total. The molecule has 1 unspecified atom stereocenters. The molecule has 56 heavy (non-hydrogen) atoms. The van der Waals surface area contributed by atoms with Crippen molar-refractivity contribution in [3.05, 3.63) is 0 Å². The zero-order chi connectivity index (χ0) is 42.6. The van der Waals surface area contributed by atoms with Gasteiger partial charge in [-0.2, -0.15) is 0 Å². The third-order valence-electron chi connectivity index (χ3n) is 11.0. The minimum absolute atomic E-state index is 0.718. The molecular formula is C50H106O4P2. The van der Waals surface area contributed by atoms with Crippen molar-refractivity contribution in [1.82, 2.24) is 0 Å². The summed E-state index contributed by atoms with van der Waals surface area (Å²) in [7, 11) is 2.10. The van der Waals surface area contributed by atoms with Crippen molar-refractivity contribution in [1.29, 1.82) is 0 Å². The molecular weight excluding hydrogens is 726 g/mol. The zero-order valence-electron chi connectivity index (χ0n) is 39.7. The molecule has 0 saturated carbocycles. The third kappa shape index (κ3) is 65.6. The number of hydrogen-bond donors (Lipinski definition) is 1. The van der Waals surface area contributed by atoms with Gasteiger partial charge in [-0.05, 0) is 70.9 Å². The van der Waals surface area contributed by atoms with E-state index in [1.807, 2.05) is 0 Å². The SMILES string of the molecule is CC(=O)O.CC(=O)[O-].CCCCCCCCCCCCCCP.CCCCCCCC[P+](CCCCCCCC)(CCCCCCCC)CCCCCCCC. The molecule has 1 N–H and O–H groups in total. The van der Waals surface area contributed by atoms with Crippen LogP contribution in [-0.2, 0) is 9.59 Å². The average molecular weight is 833 g/mol. The van der Waals surface area contributed by atoms with Crippen LogP contribution in [0, 0.1) is 0 Å². The fraction of sp³-hybridized carbons (Fsp3) is 0.960. The minimum atomic E-state index is -1.08. The van der Waals surface area contributed by atoms with E-state index in [1.165, 1.54) is 212 Å². The fourth-order valence-corrected chi connectivity index (χ4v) is 12.8. The van der Waals surface area contributed by atoms with Gasteiger partial charge in [0.05, 0.1) is 24.6 Å². The lowest BCUT2D eigenvalue weighted by molar-refractivity contribution is -0.302. The molecule has 0 rings (SSSR count). The Hall–Kier alpha value is -0.200. The molecule has 0 saturated heterocycles. The van der Waals surface area contributed by atoms with E-state index in [0.29, 0.717) is 0 Å². The summed E-state index contributed by atoms with van der Waals surface area (Å²) in [6, 6.07) is 0. The van der Waals surface area contributed by atoms with Gasteiger partial charge in [-0.3, -0.25) is 4.79 Å². The second kappa shape index (κ2) is 56.9. The van der Waals surface area contributed by atoms with Crippen molar-refractivity contribution in [3.8, 4) is 0 Å². The van der Waals surface area contributed by atoms with E-state index in [-0.39, 0.29) is 0 Å². The predicted molar refractivity (Wildman–Crippen MR) is 260 cm³/mol. The minimum Gasteiger partial charge on any atom is -0.550 e. The van der Waals surface area contributed by atoms with Crippen molar-refractivity contribution < 1.29 is 19.8 Å². The Balaban J connectivity index is -0.000000481. The standard InChI is InChI=1S/C32H68P.C14H31P.2C2H4O2/c1-5-9-13-17-21-25-29-33(30-26-22-18-14-10-6-2,31-27-23-19-15-11-7-3)32-28-24-20-16-12-8-4;1-2-3-4-5-6-7-8-9-10-11-12-13-14-15;2*1-2(3)4/h5-32H2,1-4H3;2-15H2,1H3;2*1H3,(H,3,4)/q+1;;;/p-1. The first-order chi connectivity index (χ1) is 27.1. The van der Waals surface area contributed by atoms with Gasteiger partial charge in [0, 0.05) is 20.2 Å². The van der Waals surface area contributed by atoms with Crippen LogP contribution in [0.2, 0.25) is 0 Å². The van der Waals surface area contributed by atoms with Crippen LogP contribution in [0.15, 0.2) is 0 Å². The summed E-state index contributed by atoms with van der Waals surface area (Å²) in [6.07, 6.45) is 60.9. The predicted octanol–water partition coefficient (Wildman–Crippen LogP) is 16.9. The van der Waals surface area contributed by atoms with Crippen molar-refractivity contribution in [2.45, 2.75) is 280 Å². The van der Waals surface area contributed by atoms with E-state index in [4.69, 9.17) is 19.8 Å². The molecule has 6 heteroatoms. The van der Waals surface area contributed by atoms with Gasteiger partial charge in [0.15, 0.2) is 0 Å². The molecule has 0 bridgehead atoms.